The minimum absolute atomic E-state index is 0.0235. The molecule has 0 amide bonds. The highest BCUT2D eigenvalue weighted by atomic mass is 16.2. The van der Waals surface area contributed by atoms with Crippen LogP contribution in [-0.2, 0) is 6.54 Å². The maximum Gasteiger partial charge on any atom is 0.347 e. The summed E-state index contributed by atoms with van der Waals surface area (Å²) in [6, 6.07) is 8.90. The highest BCUT2D eigenvalue weighted by molar-refractivity contribution is 5.95. The van der Waals surface area contributed by atoms with Crippen LogP contribution in [0.2, 0.25) is 0 Å². The molecular weight excluding hydrogens is 216 g/mol. The van der Waals surface area contributed by atoms with E-state index >= 15 is 0 Å². The van der Waals surface area contributed by atoms with Crippen LogP contribution < -0.4 is 5.69 Å². The average molecular weight is 228 g/mol. The predicted molar refractivity (Wildman–Crippen MR) is 64.0 cm³/mol. The summed E-state index contributed by atoms with van der Waals surface area (Å²) >= 11 is 0. The summed E-state index contributed by atoms with van der Waals surface area (Å²) in [7, 11) is 0. The van der Waals surface area contributed by atoms with Gasteiger partial charge >= 0.3 is 5.69 Å². The van der Waals surface area contributed by atoms with E-state index in [2.05, 4.69) is 4.98 Å². The fourth-order valence-electron chi connectivity index (χ4n) is 1.49. The van der Waals surface area contributed by atoms with Crippen LogP contribution in [0.25, 0.3) is 0 Å². The minimum Gasteiger partial charge on any atom is -0.292 e. The zero-order valence-corrected chi connectivity index (χ0v) is 9.46. The molecular formula is C13H12N2O2. The topological polar surface area (TPSA) is 52.0 Å². The van der Waals surface area contributed by atoms with Gasteiger partial charge in [-0.1, -0.05) is 29.8 Å². The van der Waals surface area contributed by atoms with Gasteiger partial charge in [0.2, 0.25) is 0 Å². The average Bonchev–Trinajstić information content (AvgIpc) is 2.33. The maximum atomic E-state index is 11.9. The Labute approximate surface area is 98.6 Å². The van der Waals surface area contributed by atoms with Crippen LogP contribution in [0, 0.1) is 6.92 Å². The lowest BCUT2D eigenvalue weighted by atomic mass is 10.1. The van der Waals surface area contributed by atoms with E-state index in [1.54, 1.807) is 24.4 Å². The molecule has 0 N–H and O–H groups in total. The van der Waals surface area contributed by atoms with Crippen LogP contribution >= 0.6 is 0 Å². The van der Waals surface area contributed by atoms with Crippen LogP contribution in [0.1, 0.15) is 15.9 Å². The van der Waals surface area contributed by atoms with Crippen molar-refractivity contribution in [1.29, 1.82) is 0 Å². The molecule has 0 atom stereocenters. The summed E-state index contributed by atoms with van der Waals surface area (Å²) in [5, 5.41) is 0. The van der Waals surface area contributed by atoms with E-state index in [0.717, 1.165) is 5.56 Å². The lowest BCUT2D eigenvalue weighted by molar-refractivity contribution is 0.0970. The van der Waals surface area contributed by atoms with E-state index in [-0.39, 0.29) is 12.3 Å². The molecule has 17 heavy (non-hydrogen) atoms. The Bertz CT molecular complexity index is 585. The van der Waals surface area contributed by atoms with Gasteiger partial charge in [-0.15, -0.1) is 0 Å². The van der Waals surface area contributed by atoms with Crippen molar-refractivity contribution in [1.82, 2.24) is 9.55 Å². The number of aromatic nitrogens is 2. The van der Waals surface area contributed by atoms with Gasteiger partial charge in [-0.3, -0.25) is 9.36 Å². The quantitative estimate of drug-likeness (QED) is 0.747. The van der Waals surface area contributed by atoms with Crippen LogP contribution in [0.5, 0.6) is 0 Å². The van der Waals surface area contributed by atoms with Crippen molar-refractivity contribution in [2.45, 2.75) is 13.5 Å². The van der Waals surface area contributed by atoms with Crippen molar-refractivity contribution in [3.63, 3.8) is 0 Å². The van der Waals surface area contributed by atoms with E-state index in [1.165, 1.54) is 10.8 Å². The molecule has 1 heterocycles. The Kier molecular flexibility index (Phi) is 3.14. The Morgan fingerprint density at radius 3 is 2.65 bits per heavy atom. The van der Waals surface area contributed by atoms with Gasteiger partial charge in [0.05, 0.1) is 6.54 Å². The van der Waals surface area contributed by atoms with Crippen LogP contribution in [0.4, 0.5) is 0 Å². The van der Waals surface area contributed by atoms with Crippen LogP contribution in [-0.4, -0.2) is 15.3 Å². The summed E-state index contributed by atoms with van der Waals surface area (Å²) in [4.78, 5) is 26.8. The largest absolute Gasteiger partial charge is 0.347 e. The Hall–Kier alpha value is -2.23. The van der Waals surface area contributed by atoms with E-state index in [4.69, 9.17) is 0 Å². The SMILES string of the molecule is Cc1ccc(C(=O)Cn2cccnc2=O)cc1. The number of nitrogens with zero attached hydrogens (tertiary/aromatic N) is 2. The number of benzene rings is 1. The predicted octanol–water partition coefficient (Wildman–Crippen LogP) is 1.43. The molecule has 0 fully saturated rings. The monoisotopic (exact) mass is 228 g/mol. The van der Waals surface area contributed by atoms with Crippen LogP contribution in [0.3, 0.4) is 0 Å². The van der Waals surface area contributed by atoms with Gasteiger partial charge < -0.3 is 0 Å². The Morgan fingerprint density at radius 2 is 2.00 bits per heavy atom. The third kappa shape index (κ3) is 2.66. The highest BCUT2D eigenvalue weighted by Crippen LogP contribution is 2.04. The maximum absolute atomic E-state index is 11.9. The Balaban J connectivity index is 2.20. The lowest BCUT2D eigenvalue weighted by Gasteiger charge is -2.03. The van der Waals surface area contributed by atoms with E-state index < -0.39 is 5.69 Å². The fraction of sp³-hybridized carbons (Fsp3) is 0.154. The van der Waals surface area contributed by atoms with Crippen molar-refractivity contribution in [3.8, 4) is 0 Å². The van der Waals surface area contributed by atoms with Gasteiger partial charge in [-0.05, 0) is 13.0 Å². The van der Waals surface area contributed by atoms with Gasteiger partial charge in [-0.2, -0.15) is 0 Å². The second-order valence-electron chi connectivity index (χ2n) is 3.82. The van der Waals surface area contributed by atoms with Gasteiger partial charge in [0.1, 0.15) is 0 Å². The molecule has 2 rings (SSSR count). The zero-order chi connectivity index (χ0) is 12.3. The standard InChI is InChI=1S/C13H12N2O2/c1-10-3-5-11(6-4-10)12(16)9-15-8-2-7-14-13(15)17/h2-8H,9H2,1H3. The molecule has 0 aliphatic heterocycles. The molecule has 0 unspecified atom stereocenters. The Morgan fingerprint density at radius 1 is 1.29 bits per heavy atom. The highest BCUT2D eigenvalue weighted by Gasteiger charge is 2.07. The smallest absolute Gasteiger partial charge is 0.292 e. The third-order valence-electron chi connectivity index (χ3n) is 2.47. The first-order valence-corrected chi connectivity index (χ1v) is 5.28. The lowest BCUT2D eigenvalue weighted by Crippen LogP contribution is -2.25. The zero-order valence-electron chi connectivity index (χ0n) is 9.46. The second kappa shape index (κ2) is 4.74. The number of aryl methyl sites for hydroxylation is 1. The normalized spacial score (nSPS) is 10.2. The van der Waals surface area contributed by atoms with Crippen molar-refractivity contribution < 1.29 is 4.79 Å². The van der Waals surface area contributed by atoms with Gasteiger partial charge in [0, 0.05) is 18.0 Å². The molecule has 0 saturated heterocycles. The van der Waals surface area contributed by atoms with Crippen molar-refractivity contribution in [3.05, 3.63) is 64.3 Å². The fourth-order valence-corrected chi connectivity index (χ4v) is 1.49. The first-order chi connectivity index (χ1) is 8.16. The van der Waals surface area contributed by atoms with Crippen molar-refractivity contribution in [2.75, 3.05) is 0 Å². The number of hydrogen-bond acceptors (Lipinski definition) is 3. The molecule has 0 saturated carbocycles. The molecule has 0 spiro atoms. The molecule has 4 heteroatoms. The number of ketones is 1. The molecule has 0 radical (unpaired) electrons. The van der Waals surface area contributed by atoms with Gasteiger partial charge in [-0.25, -0.2) is 9.78 Å². The van der Waals surface area contributed by atoms with Crippen LogP contribution in [0.15, 0.2) is 47.5 Å². The van der Waals surface area contributed by atoms with Crippen molar-refractivity contribution >= 4 is 5.78 Å². The van der Waals surface area contributed by atoms with E-state index in [0.29, 0.717) is 5.56 Å². The minimum atomic E-state index is -0.409. The van der Waals surface area contributed by atoms with E-state index in [9.17, 15) is 9.59 Å². The summed E-state index contributed by atoms with van der Waals surface area (Å²) in [5.74, 6) is -0.0971. The molecule has 1 aromatic heterocycles. The summed E-state index contributed by atoms with van der Waals surface area (Å²) in [5.41, 5.74) is 1.29. The third-order valence-corrected chi connectivity index (χ3v) is 2.47. The molecule has 86 valence electrons. The molecule has 2 aromatic rings. The van der Waals surface area contributed by atoms with Crippen molar-refractivity contribution in [2.24, 2.45) is 0 Å². The van der Waals surface area contributed by atoms with Gasteiger partial charge in [0.25, 0.3) is 0 Å². The van der Waals surface area contributed by atoms with E-state index in [1.807, 2.05) is 19.1 Å². The second-order valence-corrected chi connectivity index (χ2v) is 3.82. The number of Topliss-reactive ketones (excluding diaryl/α,β-unsaturated/α-hetero) is 1. The number of rotatable bonds is 3. The first-order valence-electron chi connectivity index (χ1n) is 5.28. The number of hydrogen-bond donors (Lipinski definition) is 0. The first kappa shape index (κ1) is 11.3. The van der Waals surface area contributed by atoms with Gasteiger partial charge in [0.15, 0.2) is 5.78 Å². The number of carbonyl (C=O) groups excluding carboxylic acids is 1. The summed E-state index contributed by atoms with van der Waals surface area (Å²) < 4.78 is 1.29. The molecule has 0 aliphatic carbocycles. The molecule has 0 aliphatic rings. The molecule has 1 aromatic carbocycles. The molecule has 0 bridgehead atoms. The summed E-state index contributed by atoms with van der Waals surface area (Å²) in [6.45, 7) is 1.98. The molecule has 4 nitrogen and oxygen atoms in total. The summed E-state index contributed by atoms with van der Waals surface area (Å²) in [6.07, 6.45) is 2.97. The number of carbonyl (C=O) groups is 1.